The Kier molecular flexibility index (Phi) is 4.03. The topological polar surface area (TPSA) is 68.0 Å². The van der Waals surface area contributed by atoms with E-state index >= 15 is 0 Å². The van der Waals surface area contributed by atoms with Crippen molar-refractivity contribution in [2.75, 3.05) is 5.75 Å². The second kappa shape index (κ2) is 5.58. The monoisotopic (exact) mass is 299 g/mol. The lowest BCUT2D eigenvalue weighted by Crippen LogP contribution is -2.01. The summed E-state index contributed by atoms with van der Waals surface area (Å²) in [5, 5.41) is 16.6. The van der Waals surface area contributed by atoms with E-state index in [9.17, 15) is 13.6 Å². The van der Waals surface area contributed by atoms with Gasteiger partial charge < -0.3 is 9.67 Å². The number of hydrogen-bond acceptors (Lipinski definition) is 4. The average molecular weight is 299 g/mol. The predicted octanol–water partition coefficient (Wildman–Crippen LogP) is 2.25. The highest BCUT2D eigenvalue weighted by atomic mass is 32.2. The van der Waals surface area contributed by atoms with Crippen molar-refractivity contribution in [3.63, 3.8) is 0 Å². The Morgan fingerprint density at radius 3 is 2.70 bits per heavy atom. The van der Waals surface area contributed by atoms with Gasteiger partial charge in [-0.25, -0.2) is 8.78 Å². The molecule has 106 valence electrons. The summed E-state index contributed by atoms with van der Waals surface area (Å²) in [6.45, 7) is 1.52. The predicted molar refractivity (Wildman–Crippen MR) is 69.5 cm³/mol. The van der Waals surface area contributed by atoms with Gasteiger partial charge in [0.05, 0.1) is 11.3 Å². The van der Waals surface area contributed by atoms with Crippen molar-refractivity contribution in [3.8, 4) is 11.4 Å². The van der Waals surface area contributed by atoms with E-state index in [1.54, 1.807) is 7.05 Å². The minimum Gasteiger partial charge on any atom is -0.481 e. The maximum absolute atomic E-state index is 13.8. The van der Waals surface area contributed by atoms with Gasteiger partial charge in [-0.1, -0.05) is 11.8 Å². The molecule has 0 bridgehead atoms. The highest BCUT2D eigenvalue weighted by Crippen LogP contribution is 2.26. The van der Waals surface area contributed by atoms with Crippen LogP contribution in [0.1, 0.15) is 5.56 Å². The first-order chi connectivity index (χ1) is 9.40. The molecule has 1 aromatic carbocycles. The third-order valence-corrected chi connectivity index (χ3v) is 3.65. The Morgan fingerprint density at radius 1 is 1.35 bits per heavy atom. The van der Waals surface area contributed by atoms with Gasteiger partial charge >= 0.3 is 5.97 Å². The SMILES string of the molecule is Cc1cc(-c2nnc(SCC(=O)O)n2C)c(F)cc1F. The normalized spacial score (nSPS) is 10.8. The molecule has 20 heavy (non-hydrogen) atoms. The van der Waals surface area contributed by atoms with Crippen LogP contribution in [0.5, 0.6) is 0 Å². The second-order valence-electron chi connectivity index (χ2n) is 4.13. The molecule has 2 aromatic rings. The maximum atomic E-state index is 13.8. The number of benzene rings is 1. The van der Waals surface area contributed by atoms with Crippen LogP contribution in [0.3, 0.4) is 0 Å². The lowest BCUT2D eigenvalue weighted by Gasteiger charge is -2.06. The zero-order valence-electron chi connectivity index (χ0n) is 10.7. The lowest BCUT2D eigenvalue weighted by molar-refractivity contribution is -0.133. The number of rotatable bonds is 4. The summed E-state index contributed by atoms with van der Waals surface area (Å²) in [6.07, 6.45) is 0. The number of carboxylic acids is 1. The van der Waals surface area contributed by atoms with E-state index in [0.717, 1.165) is 17.8 Å². The highest BCUT2D eigenvalue weighted by Gasteiger charge is 2.17. The first kappa shape index (κ1) is 14.4. The Morgan fingerprint density at radius 2 is 2.05 bits per heavy atom. The zero-order valence-corrected chi connectivity index (χ0v) is 11.5. The van der Waals surface area contributed by atoms with E-state index < -0.39 is 17.6 Å². The van der Waals surface area contributed by atoms with E-state index in [0.29, 0.717) is 10.7 Å². The third kappa shape index (κ3) is 2.79. The molecule has 0 fully saturated rings. The number of nitrogens with zero attached hydrogens (tertiary/aromatic N) is 3. The number of thioether (sulfide) groups is 1. The summed E-state index contributed by atoms with van der Waals surface area (Å²) >= 11 is 0.977. The van der Waals surface area contributed by atoms with E-state index in [2.05, 4.69) is 10.2 Å². The van der Waals surface area contributed by atoms with Crippen molar-refractivity contribution in [1.82, 2.24) is 14.8 Å². The van der Waals surface area contributed by atoms with Crippen molar-refractivity contribution in [3.05, 3.63) is 29.3 Å². The van der Waals surface area contributed by atoms with Crippen molar-refractivity contribution < 1.29 is 18.7 Å². The smallest absolute Gasteiger partial charge is 0.313 e. The summed E-state index contributed by atoms with van der Waals surface area (Å²) < 4.78 is 28.5. The molecule has 8 heteroatoms. The number of carbonyl (C=O) groups is 1. The molecular formula is C12H11F2N3O2S. The lowest BCUT2D eigenvalue weighted by atomic mass is 10.1. The third-order valence-electron chi connectivity index (χ3n) is 2.65. The van der Waals surface area contributed by atoms with Crippen molar-refractivity contribution in [2.24, 2.45) is 7.05 Å². The summed E-state index contributed by atoms with van der Waals surface area (Å²) in [6, 6.07) is 2.14. The molecule has 0 aliphatic rings. The molecule has 0 saturated carbocycles. The van der Waals surface area contributed by atoms with E-state index in [-0.39, 0.29) is 17.1 Å². The largest absolute Gasteiger partial charge is 0.481 e. The van der Waals surface area contributed by atoms with Gasteiger partial charge in [-0.3, -0.25) is 4.79 Å². The molecule has 1 aromatic heterocycles. The molecule has 0 aliphatic heterocycles. The van der Waals surface area contributed by atoms with Gasteiger partial charge in [0, 0.05) is 13.1 Å². The molecule has 0 amide bonds. The van der Waals surface area contributed by atoms with Crippen LogP contribution in [-0.2, 0) is 11.8 Å². The minimum atomic E-state index is -0.983. The van der Waals surface area contributed by atoms with Crippen LogP contribution < -0.4 is 0 Å². The molecule has 2 rings (SSSR count). The first-order valence-corrected chi connectivity index (χ1v) is 6.58. The van der Waals surface area contributed by atoms with Crippen LogP contribution >= 0.6 is 11.8 Å². The number of hydrogen-bond donors (Lipinski definition) is 1. The van der Waals surface area contributed by atoms with Crippen molar-refractivity contribution in [1.29, 1.82) is 0 Å². The molecule has 0 radical (unpaired) electrons. The number of carboxylic acid groups (broad SMARTS) is 1. The number of aryl methyl sites for hydroxylation is 1. The Labute approximate surface area is 117 Å². The van der Waals surface area contributed by atoms with Crippen molar-refractivity contribution >= 4 is 17.7 Å². The van der Waals surface area contributed by atoms with E-state index in [1.807, 2.05) is 0 Å². The van der Waals surface area contributed by atoms with Gasteiger partial charge in [0.2, 0.25) is 0 Å². The van der Waals surface area contributed by atoms with Gasteiger partial charge in [-0.2, -0.15) is 0 Å². The molecule has 0 aliphatic carbocycles. The van der Waals surface area contributed by atoms with Gasteiger partial charge in [-0.15, -0.1) is 10.2 Å². The summed E-state index contributed by atoms with van der Waals surface area (Å²) in [7, 11) is 1.59. The molecular weight excluding hydrogens is 288 g/mol. The zero-order chi connectivity index (χ0) is 14.9. The van der Waals surface area contributed by atoms with Gasteiger partial charge in [-0.05, 0) is 18.6 Å². The Bertz CT molecular complexity index is 673. The van der Waals surface area contributed by atoms with Gasteiger partial charge in [0.1, 0.15) is 11.6 Å². The number of aromatic nitrogens is 3. The van der Waals surface area contributed by atoms with E-state index in [4.69, 9.17) is 5.11 Å². The molecule has 1 N–H and O–H groups in total. The summed E-state index contributed by atoms with van der Waals surface area (Å²) in [4.78, 5) is 10.5. The Hall–Kier alpha value is -1.96. The molecule has 0 atom stereocenters. The fourth-order valence-electron chi connectivity index (χ4n) is 1.63. The molecule has 0 saturated heterocycles. The average Bonchev–Trinajstić information content (AvgIpc) is 2.73. The quantitative estimate of drug-likeness (QED) is 0.877. The Balaban J connectivity index is 2.39. The van der Waals surface area contributed by atoms with Crippen LogP contribution in [0.2, 0.25) is 0 Å². The fraction of sp³-hybridized carbons (Fsp3) is 0.250. The standard InChI is InChI=1S/C12H11F2N3O2S/c1-6-3-7(9(14)4-8(6)13)11-15-16-12(17(11)2)20-5-10(18)19/h3-4H,5H2,1-2H3,(H,18,19). The number of aliphatic carboxylic acids is 1. The van der Waals surface area contributed by atoms with Crippen molar-refractivity contribution in [2.45, 2.75) is 12.1 Å². The van der Waals surface area contributed by atoms with Crippen LogP contribution in [-0.4, -0.2) is 31.6 Å². The van der Waals surface area contributed by atoms with Crippen LogP contribution in [0, 0.1) is 18.6 Å². The maximum Gasteiger partial charge on any atom is 0.313 e. The van der Waals surface area contributed by atoms with Gasteiger partial charge in [0.15, 0.2) is 11.0 Å². The minimum absolute atomic E-state index is 0.126. The summed E-state index contributed by atoms with van der Waals surface area (Å²) in [5.74, 6) is -2.30. The molecule has 1 heterocycles. The van der Waals surface area contributed by atoms with Crippen LogP contribution in [0.25, 0.3) is 11.4 Å². The number of halogens is 2. The van der Waals surface area contributed by atoms with Crippen LogP contribution in [0.4, 0.5) is 8.78 Å². The fourth-order valence-corrected chi connectivity index (χ4v) is 2.26. The highest BCUT2D eigenvalue weighted by molar-refractivity contribution is 7.99. The van der Waals surface area contributed by atoms with E-state index in [1.165, 1.54) is 17.6 Å². The van der Waals surface area contributed by atoms with Gasteiger partial charge in [0.25, 0.3) is 0 Å². The molecule has 0 unspecified atom stereocenters. The second-order valence-corrected chi connectivity index (χ2v) is 5.07. The van der Waals surface area contributed by atoms with Crippen LogP contribution in [0.15, 0.2) is 17.3 Å². The summed E-state index contributed by atoms with van der Waals surface area (Å²) in [5.41, 5.74) is 0.421. The first-order valence-electron chi connectivity index (χ1n) is 5.60. The molecule has 5 nitrogen and oxygen atoms in total. The molecule has 0 spiro atoms.